The molecule has 2 heterocycles. The van der Waals surface area contributed by atoms with Crippen molar-refractivity contribution in [3.05, 3.63) is 36.9 Å². The second-order valence-electron chi connectivity index (χ2n) is 4.45. The number of aromatic nitrogens is 4. The van der Waals surface area contributed by atoms with E-state index in [1.165, 1.54) is 0 Å². The van der Waals surface area contributed by atoms with Crippen LogP contribution in [-0.2, 0) is 0 Å². The fourth-order valence-electron chi connectivity index (χ4n) is 2.29. The third kappa shape index (κ3) is 2.26. The number of hydrogen-bond donors (Lipinski definition) is 1. The Morgan fingerprint density at radius 1 is 0.955 bits per heavy atom. The number of imidazole rings is 2. The summed E-state index contributed by atoms with van der Waals surface area (Å²) in [5.74, 6) is 3.09. The molecule has 3 rings (SSSR count). The van der Waals surface area contributed by atoms with Crippen LogP contribution in [0.5, 0.6) is 17.2 Å². The van der Waals surface area contributed by atoms with Crippen molar-refractivity contribution in [1.29, 1.82) is 0 Å². The van der Waals surface area contributed by atoms with Gasteiger partial charge in [-0.05, 0) is 12.1 Å². The predicted molar refractivity (Wildman–Crippen MR) is 80.8 cm³/mol. The molecular formula is C15H16N4O3. The van der Waals surface area contributed by atoms with E-state index in [0.717, 1.165) is 5.56 Å². The lowest BCUT2D eigenvalue weighted by atomic mass is 10.1. The van der Waals surface area contributed by atoms with Gasteiger partial charge in [0.1, 0.15) is 5.82 Å². The Morgan fingerprint density at radius 3 is 2.23 bits per heavy atom. The molecule has 0 saturated carbocycles. The maximum absolute atomic E-state index is 5.38. The largest absolute Gasteiger partial charge is 0.493 e. The van der Waals surface area contributed by atoms with Gasteiger partial charge in [0.15, 0.2) is 11.5 Å². The SMILES string of the molecule is COc1cc(-c2nccn2-c2ncc[nH]2)cc(OC)c1OC. The fraction of sp³-hybridized carbons (Fsp3) is 0.200. The monoisotopic (exact) mass is 300 g/mol. The van der Waals surface area contributed by atoms with E-state index in [1.807, 2.05) is 22.9 Å². The third-order valence-corrected chi connectivity index (χ3v) is 3.28. The summed E-state index contributed by atoms with van der Waals surface area (Å²) in [4.78, 5) is 11.7. The molecule has 0 unspecified atom stereocenters. The highest BCUT2D eigenvalue weighted by Gasteiger charge is 2.17. The lowest BCUT2D eigenvalue weighted by Crippen LogP contribution is -2.00. The molecule has 0 atom stereocenters. The average Bonchev–Trinajstić information content (AvgIpc) is 3.23. The van der Waals surface area contributed by atoms with Crippen molar-refractivity contribution in [1.82, 2.24) is 19.5 Å². The first-order valence-corrected chi connectivity index (χ1v) is 6.62. The van der Waals surface area contributed by atoms with Gasteiger partial charge in [-0.15, -0.1) is 0 Å². The number of ether oxygens (including phenoxy) is 3. The quantitative estimate of drug-likeness (QED) is 0.782. The van der Waals surface area contributed by atoms with Gasteiger partial charge in [0, 0.05) is 30.4 Å². The van der Waals surface area contributed by atoms with Crippen LogP contribution in [0, 0.1) is 0 Å². The molecule has 3 aromatic rings. The van der Waals surface area contributed by atoms with Crippen molar-refractivity contribution in [2.75, 3.05) is 21.3 Å². The minimum Gasteiger partial charge on any atom is -0.493 e. The predicted octanol–water partition coefficient (Wildman–Crippen LogP) is 2.29. The number of H-pyrrole nitrogens is 1. The summed E-state index contributed by atoms with van der Waals surface area (Å²) in [6, 6.07) is 3.70. The van der Waals surface area contributed by atoms with Crippen LogP contribution in [0.25, 0.3) is 17.3 Å². The first-order chi connectivity index (χ1) is 10.8. The van der Waals surface area contributed by atoms with Gasteiger partial charge in [-0.25, -0.2) is 9.97 Å². The van der Waals surface area contributed by atoms with Crippen molar-refractivity contribution >= 4 is 0 Å². The summed E-state index contributed by atoms with van der Waals surface area (Å²) in [6.45, 7) is 0. The molecule has 1 N–H and O–H groups in total. The van der Waals surface area contributed by atoms with Crippen LogP contribution in [0.15, 0.2) is 36.9 Å². The van der Waals surface area contributed by atoms with E-state index < -0.39 is 0 Å². The molecule has 0 bridgehead atoms. The number of benzene rings is 1. The van der Waals surface area contributed by atoms with Crippen LogP contribution in [0.4, 0.5) is 0 Å². The second kappa shape index (κ2) is 5.80. The van der Waals surface area contributed by atoms with Crippen LogP contribution in [0.2, 0.25) is 0 Å². The standard InChI is InChI=1S/C15H16N4O3/c1-20-11-8-10(9-12(21-2)13(11)22-3)14-16-6-7-19(14)15-17-4-5-18-15/h4-9H,1-3H3,(H,17,18). The van der Waals surface area contributed by atoms with Crippen LogP contribution in [0.1, 0.15) is 0 Å². The average molecular weight is 300 g/mol. The molecule has 7 nitrogen and oxygen atoms in total. The molecule has 0 fully saturated rings. The Hall–Kier alpha value is -2.96. The minimum absolute atomic E-state index is 0.546. The van der Waals surface area contributed by atoms with E-state index in [1.54, 1.807) is 39.9 Å². The zero-order chi connectivity index (χ0) is 15.5. The molecule has 1 aromatic carbocycles. The minimum atomic E-state index is 0.546. The summed E-state index contributed by atoms with van der Waals surface area (Å²) >= 11 is 0. The Labute approximate surface area is 127 Å². The number of hydrogen-bond acceptors (Lipinski definition) is 5. The van der Waals surface area contributed by atoms with Crippen LogP contribution in [-0.4, -0.2) is 40.8 Å². The van der Waals surface area contributed by atoms with Gasteiger partial charge in [0.05, 0.1) is 21.3 Å². The smallest absolute Gasteiger partial charge is 0.212 e. The maximum Gasteiger partial charge on any atom is 0.212 e. The van der Waals surface area contributed by atoms with Crippen molar-refractivity contribution in [2.45, 2.75) is 0 Å². The number of nitrogens with zero attached hydrogens (tertiary/aromatic N) is 3. The molecule has 0 radical (unpaired) electrons. The summed E-state index contributed by atoms with van der Waals surface area (Å²) < 4.78 is 18.0. The van der Waals surface area contributed by atoms with Crippen LogP contribution < -0.4 is 14.2 Å². The molecule has 0 saturated heterocycles. The summed E-state index contributed by atoms with van der Waals surface area (Å²) in [5.41, 5.74) is 0.830. The van der Waals surface area contributed by atoms with Crippen molar-refractivity contribution in [3.8, 4) is 34.6 Å². The first kappa shape index (κ1) is 14.0. The van der Waals surface area contributed by atoms with Crippen molar-refractivity contribution in [3.63, 3.8) is 0 Å². The van der Waals surface area contributed by atoms with Gasteiger partial charge >= 0.3 is 0 Å². The number of rotatable bonds is 5. The van der Waals surface area contributed by atoms with E-state index in [9.17, 15) is 0 Å². The van der Waals surface area contributed by atoms with E-state index >= 15 is 0 Å². The summed E-state index contributed by atoms with van der Waals surface area (Å²) in [5, 5.41) is 0. The van der Waals surface area contributed by atoms with Gasteiger partial charge in [0.25, 0.3) is 0 Å². The van der Waals surface area contributed by atoms with Crippen LogP contribution in [0.3, 0.4) is 0 Å². The van der Waals surface area contributed by atoms with E-state index in [2.05, 4.69) is 15.0 Å². The normalized spacial score (nSPS) is 10.5. The van der Waals surface area contributed by atoms with Crippen molar-refractivity contribution < 1.29 is 14.2 Å². The lowest BCUT2D eigenvalue weighted by molar-refractivity contribution is 0.324. The highest BCUT2D eigenvalue weighted by Crippen LogP contribution is 2.40. The van der Waals surface area contributed by atoms with Gasteiger partial charge in [-0.1, -0.05) is 0 Å². The van der Waals surface area contributed by atoms with Crippen molar-refractivity contribution in [2.24, 2.45) is 0 Å². The van der Waals surface area contributed by atoms with E-state index in [-0.39, 0.29) is 0 Å². The molecule has 7 heteroatoms. The molecule has 0 spiro atoms. The van der Waals surface area contributed by atoms with Gasteiger partial charge in [0.2, 0.25) is 11.7 Å². The number of aromatic amines is 1. The molecule has 2 aromatic heterocycles. The van der Waals surface area contributed by atoms with Gasteiger partial charge < -0.3 is 19.2 Å². The van der Waals surface area contributed by atoms with E-state index in [4.69, 9.17) is 14.2 Å². The lowest BCUT2D eigenvalue weighted by Gasteiger charge is -2.14. The van der Waals surface area contributed by atoms with Crippen LogP contribution >= 0.6 is 0 Å². The zero-order valence-corrected chi connectivity index (χ0v) is 12.5. The second-order valence-corrected chi connectivity index (χ2v) is 4.45. The van der Waals surface area contributed by atoms with Gasteiger partial charge in [-0.3, -0.25) is 4.57 Å². The Kier molecular flexibility index (Phi) is 3.69. The molecular weight excluding hydrogens is 284 g/mol. The molecule has 0 aliphatic rings. The van der Waals surface area contributed by atoms with E-state index in [0.29, 0.717) is 29.0 Å². The first-order valence-electron chi connectivity index (χ1n) is 6.62. The fourth-order valence-corrected chi connectivity index (χ4v) is 2.29. The molecule has 114 valence electrons. The maximum atomic E-state index is 5.38. The number of methoxy groups -OCH3 is 3. The summed E-state index contributed by atoms with van der Waals surface area (Å²) in [6.07, 6.45) is 6.99. The molecule has 0 amide bonds. The highest BCUT2D eigenvalue weighted by molar-refractivity contribution is 5.67. The third-order valence-electron chi connectivity index (χ3n) is 3.28. The summed E-state index contributed by atoms with van der Waals surface area (Å²) in [7, 11) is 4.74. The van der Waals surface area contributed by atoms with Gasteiger partial charge in [-0.2, -0.15) is 0 Å². The topological polar surface area (TPSA) is 74.2 Å². The molecule has 0 aliphatic carbocycles. The Balaban J connectivity index is 2.16. The molecule has 0 aliphatic heterocycles. The Morgan fingerprint density at radius 2 is 1.68 bits per heavy atom. The Bertz CT molecular complexity index is 740. The highest BCUT2D eigenvalue weighted by atomic mass is 16.5. The molecule has 22 heavy (non-hydrogen) atoms. The zero-order valence-electron chi connectivity index (χ0n) is 12.5. The number of nitrogens with one attached hydrogen (secondary N) is 1.